The monoisotopic (exact) mass is 287 g/mol. The van der Waals surface area contributed by atoms with Crippen molar-refractivity contribution in [3.05, 3.63) is 0 Å². The zero-order valence-corrected chi connectivity index (χ0v) is 13.1. The fourth-order valence-electron chi connectivity index (χ4n) is 2.32. The highest BCUT2D eigenvalue weighted by atomic mass is 32.2. The van der Waals surface area contributed by atoms with Crippen molar-refractivity contribution in [3.63, 3.8) is 0 Å². The Labute approximate surface area is 119 Å². The van der Waals surface area contributed by atoms with E-state index in [2.05, 4.69) is 27.7 Å². The molecule has 1 amide bonds. The summed E-state index contributed by atoms with van der Waals surface area (Å²) in [6.07, 6.45) is 3.39. The lowest BCUT2D eigenvalue weighted by atomic mass is 9.94. The number of carboxylic acids is 1. The molecule has 1 heterocycles. The molecule has 2 unspecified atom stereocenters. The zero-order chi connectivity index (χ0) is 14.6. The second-order valence-corrected chi connectivity index (χ2v) is 7.28. The molecule has 2 atom stereocenters. The molecule has 0 bridgehead atoms. The highest BCUT2D eigenvalue weighted by molar-refractivity contribution is 8.00. The number of rotatable bonds is 5. The van der Waals surface area contributed by atoms with Crippen LogP contribution in [0.3, 0.4) is 0 Å². The van der Waals surface area contributed by atoms with Gasteiger partial charge in [0.1, 0.15) is 6.04 Å². The summed E-state index contributed by atoms with van der Waals surface area (Å²) < 4.78 is 0. The SMILES string of the molecule is CCCCCC(=O)N1C(C(=O)O)CSC1C(C)(C)C. The number of hydrogen-bond acceptors (Lipinski definition) is 3. The van der Waals surface area contributed by atoms with Crippen molar-refractivity contribution < 1.29 is 14.7 Å². The molecule has 0 saturated carbocycles. The number of carboxylic acid groups (broad SMARTS) is 1. The minimum atomic E-state index is -0.886. The van der Waals surface area contributed by atoms with Crippen LogP contribution in [-0.4, -0.2) is 39.1 Å². The van der Waals surface area contributed by atoms with Crippen molar-refractivity contribution in [2.24, 2.45) is 5.41 Å². The Bertz CT molecular complexity index is 338. The van der Waals surface area contributed by atoms with Gasteiger partial charge in [-0.2, -0.15) is 0 Å². The van der Waals surface area contributed by atoms with E-state index in [4.69, 9.17) is 0 Å². The molecule has 5 heteroatoms. The first kappa shape index (κ1) is 16.3. The minimum Gasteiger partial charge on any atom is -0.480 e. The predicted octanol–water partition coefficient (Wildman–Crippen LogP) is 2.97. The maximum atomic E-state index is 12.3. The van der Waals surface area contributed by atoms with Gasteiger partial charge < -0.3 is 10.0 Å². The molecule has 1 N–H and O–H groups in total. The lowest BCUT2D eigenvalue weighted by Gasteiger charge is -2.35. The van der Waals surface area contributed by atoms with Gasteiger partial charge in [0.05, 0.1) is 5.37 Å². The van der Waals surface area contributed by atoms with Gasteiger partial charge in [0.15, 0.2) is 0 Å². The summed E-state index contributed by atoms with van der Waals surface area (Å²) >= 11 is 1.59. The standard InChI is InChI=1S/C14H25NO3S/c1-5-6-7-8-11(16)15-10(12(17)18)9-19-13(15)14(2,3)4/h10,13H,5-9H2,1-4H3,(H,17,18). The molecule has 4 nitrogen and oxygen atoms in total. The van der Waals surface area contributed by atoms with Crippen molar-refractivity contribution in [1.29, 1.82) is 0 Å². The lowest BCUT2D eigenvalue weighted by molar-refractivity contribution is -0.150. The molecule has 0 aromatic rings. The Morgan fingerprint density at radius 2 is 1.95 bits per heavy atom. The van der Waals surface area contributed by atoms with E-state index < -0.39 is 12.0 Å². The zero-order valence-electron chi connectivity index (χ0n) is 12.3. The molecule has 0 aromatic carbocycles. The molecular weight excluding hydrogens is 262 g/mol. The van der Waals surface area contributed by atoms with Crippen LogP contribution in [0.2, 0.25) is 0 Å². The van der Waals surface area contributed by atoms with E-state index in [9.17, 15) is 14.7 Å². The summed E-state index contributed by atoms with van der Waals surface area (Å²) in [5, 5.41) is 9.24. The summed E-state index contributed by atoms with van der Waals surface area (Å²) in [5.74, 6) is -0.398. The number of thioether (sulfide) groups is 1. The van der Waals surface area contributed by atoms with Gasteiger partial charge in [-0.15, -0.1) is 11.8 Å². The fourth-order valence-corrected chi connectivity index (χ4v) is 3.92. The topological polar surface area (TPSA) is 57.6 Å². The first-order chi connectivity index (χ1) is 8.79. The maximum Gasteiger partial charge on any atom is 0.327 e. The van der Waals surface area contributed by atoms with Crippen LogP contribution in [0.1, 0.15) is 53.4 Å². The largest absolute Gasteiger partial charge is 0.480 e. The van der Waals surface area contributed by atoms with E-state index in [1.807, 2.05) is 0 Å². The predicted molar refractivity (Wildman–Crippen MR) is 78.1 cm³/mol. The van der Waals surface area contributed by atoms with Gasteiger partial charge in [-0.3, -0.25) is 4.79 Å². The number of amides is 1. The molecule has 1 fully saturated rings. The first-order valence-corrected chi connectivity index (χ1v) is 7.99. The molecule has 0 aromatic heterocycles. The second kappa shape index (κ2) is 6.64. The summed E-state index contributed by atoms with van der Waals surface area (Å²) in [7, 11) is 0. The van der Waals surface area contributed by atoms with Crippen LogP contribution < -0.4 is 0 Å². The normalized spacial score (nSPS) is 23.7. The quantitative estimate of drug-likeness (QED) is 0.790. The summed E-state index contributed by atoms with van der Waals surface area (Å²) in [4.78, 5) is 25.3. The number of carbonyl (C=O) groups is 2. The molecular formula is C14H25NO3S. The van der Waals surface area contributed by atoms with Crippen LogP contribution in [0.4, 0.5) is 0 Å². The van der Waals surface area contributed by atoms with E-state index in [1.165, 1.54) is 0 Å². The third-order valence-corrected chi connectivity index (χ3v) is 5.07. The highest BCUT2D eigenvalue weighted by Gasteiger charge is 2.45. The van der Waals surface area contributed by atoms with Gasteiger partial charge in [0, 0.05) is 12.2 Å². The van der Waals surface area contributed by atoms with E-state index in [0.717, 1.165) is 19.3 Å². The van der Waals surface area contributed by atoms with Crippen LogP contribution >= 0.6 is 11.8 Å². The Hall–Kier alpha value is -0.710. The summed E-state index contributed by atoms with van der Waals surface area (Å²) in [5.41, 5.74) is -0.102. The molecule has 110 valence electrons. The van der Waals surface area contributed by atoms with Gasteiger partial charge in [0.2, 0.25) is 5.91 Å². The van der Waals surface area contributed by atoms with Crippen molar-refractivity contribution in [1.82, 2.24) is 4.90 Å². The van der Waals surface area contributed by atoms with Crippen molar-refractivity contribution >= 4 is 23.6 Å². The van der Waals surface area contributed by atoms with Crippen LogP contribution in [0.25, 0.3) is 0 Å². The lowest BCUT2D eigenvalue weighted by Crippen LogP contribution is -2.49. The highest BCUT2D eigenvalue weighted by Crippen LogP contribution is 2.40. The Kier molecular flexibility index (Phi) is 5.71. The van der Waals surface area contributed by atoms with Crippen molar-refractivity contribution in [3.8, 4) is 0 Å². The molecule has 0 spiro atoms. The Morgan fingerprint density at radius 3 is 2.42 bits per heavy atom. The van der Waals surface area contributed by atoms with E-state index in [1.54, 1.807) is 16.7 Å². The average molecular weight is 287 g/mol. The number of hydrogen-bond donors (Lipinski definition) is 1. The molecule has 1 aliphatic rings. The van der Waals surface area contributed by atoms with E-state index in [-0.39, 0.29) is 16.7 Å². The Morgan fingerprint density at radius 1 is 1.32 bits per heavy atom. The van der Waals surface area contributed by atoms with Crippen LogP contribution in [0.5, 0.6) is 0 Å². The molecule has 0 aliphatic carbocycles. The van der Waals surface area contributed by atoms with E-state index >= 15 is 0 Å². The summed E-state index contributed by atoms with van der Waals surface area (Å²) in [6.45, 7) is 8.26. The smallest absolute Gasteiger partial charge is 0.327 e. The fraction of sp³-hybridized carbons (Fsp3) is 0.857. The first-order valence-electron chi connectivity index (χ1n) is 6.94. The van der Waals surface area contributed by atoms with Crippen molar-refractivity contribution in [2.75, 3.05) is 5.75 Å². The van der Waals surface area contributed by atoms with Crippen molar-refractivity contribution in [2.45, 2.75) is 64.8 Å². The molecule has 1 saturated heterocycles. The second-order valence-electron chi connectivity index (χ2n) is 6.16. The van der Waals surface area contributed by atoms with Crippen LogP contribution in [0, 0.1) is 5.41 Å². The van der Waals surface area contributed by atoms with Gasteiger partial charge in [-0.05, 0) is 11.8 Å². The van der Waals surface area contributed by atoms with Gasteiger partial charge in [-0.25, -0.2) is 4.79 Å². The minimum absolute atomic E-state index is 0.00854. The van der Waals surface area contributed by atoms with Gasteiger partial charge in [-0.1, -0.05) is 40.5 Å². The third-order valence-electron chi connectivity index (χ3n) is 3.31. The van der Waals surface area contributed by atoms with Crippen LogP contribution in [-0.2, 0) is 9.59 Å². The molecule has 19 heavy (non-hydrogen) atoms. The Balaban J connectivity index is 2.80. The maximum absolute atomic E-state index is 12.3. The molecule has 1 rings (SSSR count). The molecule has 0 radical (unpaired) electrons. The summed E-state index contributed by atoms with van der Waals surface area (Å²) in [6, 6.07) is -0.664. The average Bonchev–Trinajstić information content (AvgIpc) is 2.73. The van der Waals surface area contributed by atoms with Crippen LogP contribution in [0.15, 0.2) is 0 Å². The molecule has 1 aliphatic heterocycles. The number of aliphatic carboxylic acids is 1. The number of unbranched alkanes of at least 4 members (excludes halogenated alkanes) is 2. The van der Waals surface area contributed by atoms with E-state index in [0.29, 0.717) is 12.2 Å². The number of carbonyl (C=O) groups excluding carboxylic acids is 1. The third kappa shape index (κ3) is 4.13. The number of nitrogens with zero attached hydrogens (tertiary/aromatic N) is 1. The van der Waals surface area contributed by atoms with Gasteiger partial charge in [0.25, 0.3) is 0 Å². The van der Waals surface area contributed by atoms with Gasteiger partial charge >= 0.3 is 5.97 Å².